The molecule has 0 radical (unpaired) electrons. The first-order chi connectivity index (χ1) is 14.2. The molecule has 0 N–H and O–H groups in total. The van der Waals surface area contributed by atoms with Crippen LogP contribution in [0.4, 0.5) is 0 Å². The zero-order valence-corrected chi connectivity index (χ0v) is 17.0. The maximum atomic E-state index is 13.3. The van der Waals surface area contributed by atoms with Crippen molar-refractivity contribution in [1.82, 2.24) is 14.8 Å². The van der Waals surface area contributed by atoms with Gasteiger partial charge in [0.05, 0.1) is 13.2 Å². The maximum Gasteiger partial charge on any atom is 0.223 e. The molecule has 5 heterocycles. The second kappa shape index (κ2) is 7.79. The van der Waals surface area contributed by atoms with Crippen LogP contribution in [0.25, 0.3) is 0 Å². The molecule has 29 heavy (non-hydrogen) atoms. The molecular formula is C24H29N3O2. The first-order valence-corrected chi connectivity index (χ1v) is 10.8. The van der Waals surface area contributed by atoms with E-state index in [9.17, 15) is 4.79 Å². The van der Waals surface area contributed by atoms with Crippen LogP contribution >= 0.6 is 0 Å². The molecule has 2 bridgehead atoms. The summed E-state index contributed by atoms with van der Waals surface area (Å²) in [5, 5.41) is 0. The summed E-state index contributed by atoms with van der Waals surface area (Å²) in [4.78, 5) is 22.5. The smallest absolute Gasteiger partial charge is 0.223 e. The Morgan fingerprint density at radius 2 is 1.90 bits per heavy atom. The van der Waals surface area contributed by atoms with Crippen LogP contribution in [-0.2, 0) is 11.2 Å². The van der Waals surface area contributed by atoms with E-state index in [4.69, 9.17) is 4.74 Å². The lowest BCUT2D eigenvalue weighted by molar-refractivity contribution is -0.135. The lowest BCUT2D eigenvalue weighted by atomic mass is 9.75. The van der Waals surface area contributed by atoms with Gasteiger partial charge in [-0.05, 0) is 68.1 Å². The van der Waals surface area contributed by atoms with Gasteiger partial charge in [0.15, 0.2) is 0 Å². The number of ether oxygens (including phenoxy) is 1. The molecule has 1 aromatic carbocycles. The van der Waals surface area contributed by atoms with Gasteiger partial charge in [0.2, 0.25) is 5.91 Å². The monoisotopic (exact) mass is 391 g/mol. The molecule has 4 fully saturated rings. The van der Waals surface area contributed by atoms with Gasteiger partial charge in [-0.1, -0.05) is 18.2 Å². The number of carbonyl (C=O) groups excluding carboxylic acids is 1. The molecule has 5 heteroatoms. The Bertz CT molecular complexity index is 846. The summed E-state index contributed by atoms with van der Waals surface area (Å²) in [6, 6.07) is 15.2. The van der Waals surface area contributed by atoms with E-state index >= 15 is 0 Å². The lowest BCUT2D eigenvalue weighted by Crippen LogP contribution is -2.60. The van der Waals surface area contributed by atoms with Crippen molar-refractivity contribution >= 4 is 5.91 Å². The number of carbonyl (C=O) groups is 1. The molecule has 0 saturated carbocycles. The molecule has 0 spiro atoms. The molecule has 3 atom stereocenters. The minimum Gasteiger partial charge on any atom is -0.497 e. The van der Waals surface area contributed by atoms with Gasteiger partial charge in [0, 0.05) is 36.8 Å². The van der Waals surface area contributed by atoms with Gasteiger partial charge < -0.3 is 9.64 Å². The van der Waals surface area contributed by atoms with Crippen molar-refractivity contribution in [3.8, 4) is 5.75 Å². The Hall–Kier alpha value is -2.40. The second-order valence-electron chi connectivity index (χ2n) is 8.60. The van der Waals surface area contributed by atoms with Crippen molar-refractivity contribution in [3.63, 3.8) is 0 Å². The van der Waals surface area contributed by atoms with Crippen molar-refractivity contribution in [1.29, 1.82) is 0 Å². The van der Waals surface area contributed by atoms with Gasteiger partial charge >= 0.3 is 0 Å². The standard InChI is InChI=1S/C24H29N3O2/c1-29-20-8-5-17(6-9-20)21-16-27(22(28)10-7-19-4-2-3-13-25-19)23-18-11-14-26(15-12-18)24(21)23/h2-6,8-9,13,18,21,23-24H,7,10-12,14-16H2,1H3/t21-,23+,24+/m0/s1. The predicted molar refractivity (Wildman–Crippen MR) is 112 cm³/mol. The molecule has 5 nitrogen and oxygen atoms in total. The summed E-state index contributed by atoms with van der Waals surface area (Å²) in [5.74, 6) is 2.20. The fraction of sp³-hybridized carbons (Fsp3) is 0.500. The Balaban J connectivity index is 1.38. The Morgan fingerprint density at radius 1 is 1.10 bits per heavy atom. The highest BCUT2D eigenvalue weighted by Crippen LogP contribution is 2.46. The number of pyridine rings is 1. The van der Waals surface area contributed by atoms with Gasteiger partial charge in [-0.15, -0.1) is 0 Å². The van der Waals surface area contributed by atoms with E-state index in [1.807, 2.05) is 30.3 Å². The van der Waals surface area contributed by atoms with E-state index in [1.54, 1.807) is 13.3 Å². The molecule has 6 rings (SSSR count). The zero-order chi connectivity index (χ0) is 19.8. The molecule has 1 aromatic heterocycles. The number of fused-ring (bicyclic) bond motifs is 2. The first-order valence-electron chi connectivity index (χ1n) is 10.8. The molecule has 4 aliphatic rings. The van der Waals surface area contributed by atoms with E-state index in [1.165, 1.54) is 31.5 Å². The van der Waals surface area contributed by atoms with Crippen LogP contribution in [0.3, 0.4) is 0 Å². The van der Waals surface area contributed by atoms with E-state index in [0.29, 0.717) is 30.3 Å². The quantitative estimate of drug-likeness (QED) is 0.786. The number of amides is 1. The van der Waals surface area contributed by atoms with Crippen LogP contribution in [-0.4, -0.2) is 59.5 Å². The number of rotatable bonds is 5. The summed E-state index contributed by atoms with van der Waals surface area (Å²) < 4.78 is 5.34. The number of methoxy groups -OCH3 is 1. The number of piperidine rings is 3. The molecule has 4 aliphatic heterocycles. The van der Waals surface area contributed by atoms with Crippen LogP contribution < -0.4 is 4.74 Å². The summed E-state index contributed by atoms with van der Waals surface area (Å²) in [7, 11) is 1.70. The minimum atomic E-state index is 0.287. The van der Waals surface area contributed by atoms with E-state index in [-0.39, 0.29) is 5.91 Å². The molecule has 152 valence electrons. The lowest BCUT2D eigenvalue weighted by Gasteiger charge is -2.51. The molecule has 4 saturated heterocycles. The summed E-state index contributed by atoms with van der Waals surface area (Å²) in [6.07, 6.45) is 5.51. The average Bonchev–Trinajstić information content (AvgIpc) is 3.22. The van der Waals surface area contributed by atoms with Gasteiger partial charge in [0.1, 0.15) is 5.75 Å². The molecular weight excluding hydrogens is 362 g/mol. The van der Waals surface area contributed by atoms with Crippen LogP contribution in [0.2, 0.25) is 0 Å². The van der Waals surface area contributed by atoms with Crippen molar-refractivity contribution in [2.45, 2.75) is 43.7 Å². The van der Waals surface area contributed by atoms with E-state index < -0.39 is 0 Å². The Kier molecular flexibility index (Phi) is 5.00. The SMILES string of the molecule is COc1ccc([C@@H]2CN(C(=O)CCc3ccccn3)[C@@H]3C4CCN(CC4)[C@@H]32)cc1. The fourth-order valence-electron chi connectivity index (χ4n) is 5.77. The molecule has 0 aliphatic carbocycles. The third kappa shape index (κ3) is 3.42. The Morgan fingerprint density at radius 3 is 2.59 bits per heavy atom. The number of hydrogen-bond donors (Lipinski definition) is 0. The van der Waals surface area contributed by atoms with Crippen molar-refractivity contribution in [2.75, 3.05) is 26.7 Å². The molecule has 1 amide bonds. The highest BCUT2D eigenvalue weighted by atomic mass is 16.5. The topological polar surface area (TPSA) is 45.7 Å². The highest BCUT2D eigenvalue weighted by Gasteiger charge is 2.54. The normalized spacial score (nSPS) is 30.2. The Labute approximate surface area is 172 Å². The summed E-state index contributed by atoms with van der Waals surface area (Å²) >= 11 is 0. The van der Waals surface area contributed by atoms with Crippen LogP contribution in [0.5, 0.6) is 5.75 Å². The summed E-state index contributed by atoms with van der Waals surface area (Å²) in [6.45, 7) is 3.18. The van der Waals surface area contributed by atoms with Gasteiger partial charge in [-0.2, -0.15) is 0 Å². The largest absolute Gasteiger partial charge is 0.497 e. The van der Waals surface area contributed by atoms with Crippen molar-refractivity contribution in [2.24, 2.45) is 5.92 Å². The van der Waals surface area contributed by atoms with Crippen LogP contribution in [0.15, 0.2) is 48.7 Å². The number of likely N-dealkylation sites (tertiary alicyclic amines) is 1. The maximum absolute atomic E-state index is 13.3. The van der Waals surface area contributed by atoms with Gasteiger partial charge in [-0.25, -0.2) is 0 Å². The van der Waals surface area contributed by atoms with Crippen LogP contribution in [0.1, 0.15) is 36.4 Å². The fourth-order valence-corrected chi connectivity index (χ4v) is 5.77. The minimum absolute atomic E-state index is 0.287. The number of aryl methyl sites for hydroxylation is 1. The summed E-state index contributed by atoms with van der Waals surface area (Å²) in [5.41, 5.74) is 2.32. The van der Waals surface area contributed by atoms with Crippen molar-refractivity contribution in [3.05, 3.63) is 59.9 Å². The third-order valence-corrected chi connectivity index (χ3v) is 7.18. The average molecular weight is 392 g/mol. The van der Waals surface area contributed by atoms with Gasteiger partial charge in [0.25, 0.3) is 0 Å². The molecule has 2 aromatic rings. The molecule has 0 unspecified atom stereocenters. The highest BCUT2D eigenvalue weighted by molar-refractivity contribution is 5.77. The number of aromatic nitrogens is 1. The van der Waals surface area contributed by atoms with Gasteiger partial charge in [-0.3, -0.25) is 14.7 Å². The third-order valence-electron chi connectivity index (χ3n) is 7.18. The number of benzene rings is 1. The van der Waals surface area contributed by atoms with E-state index in [2.05, 4.69) is 26.9 Å². The predicted octanol–water partition coefficient (Wildman–Crippen LogP) is 3.11. The van der Waals surface area contributed by atoms with Crippen LogP contribution in [0, 0.1) is 5.92 Å². The second-order valence-corrected chi connectivity index (χ2v) is 8.60. The number of hydrogen-bond acceptors (Lipinski definition) is 4. The number of nitrogens with zero attached hydrogens (tertiary/aromatic N) is 3. The first kappa shape index (κ1) is 18.6. The van der Waals surface area contributed by atoms with Crippen molar-refractivity contribution < 1.29 is 9.53 Å². The van der Waals surface area contributed by atoms with E-state index in [0.717, 1.165) is 24.4 Å². The zero-order valence-electron chi connectivity index (χ0n) is 17.0.